The zero-order chi connectivity index (χ0) is 16.9. The van der Waals surface area contributed by atoms with Crippen molar-refractivity contribution in [1.82, 2.24) is 0 Å². The number of aliphatic hydroxyl groups excluding tert-OH is 1. The number of aliphatic imine (C=N–C) groups is 1. The van der Waals surface area contributed by atoms with Crippen LogP contribution in [0.25, 0.3) is 0 Å². The normalized spacial score (nSPS) is 13.4. The third-order valence-electron chi connectivity index (χ3n) is 3.82. The molecule has 0 aliphatic carbocycles. The first-order valence-corrected chi connectivity index (χ1v) is 7.92. The second-order valence-corrected chi connectivity index (χ2v) is 6.80. The fraction of sp³-hybridized carbons (Fsp3) is 0.350. The Balaban J connectivity index is 2.18. The topological polar surface area (TPSA) is 52.8 Å². The number of aromatic hydroxyl groups is 1. The van der Waals surface area contributed by atoms with Crippen molar-refractivity contribution in [1.29, 1.82) is 0 Å². The highest BCUT2D eigenvalue weighted by atomic mass is 16.3. The molecule has 1 atom stereocenters. The van der Waals surface area contributed by atoms with E-state index in [0.29, 0.717) is 12.0 Å². The summed E-state index contributed by atoms with van der Waals surface area (Å²) in [6.45, 7) is 6.17. The number of hydrogen-bond donors (Lipinski definition) is 2. The SMILES string of the molecule is CC(C)(C)c1cccc(C=NC(CO)Cc2ccccc2)c1O. The van der Waals surface area contributed by atoms with Crippen LogP contribution in [-0.4, -0.2) is 29.1 Å². The molecule has 3 heteroatoms. The maximum absolute atomic E-state index is 10.4. The lowest BCUT2D eigenvalue weighted by molar-refractivity contribution is 0.266. The molecule has 0 radical (unpaired) electrons. The average Bonchev–Trinajstić information content (AvgIpc) is 2.52. The fourth-order valence-corrected chi connectivity index (χ4v) is 2.51. The van der Waals surface area contributed by atoms with Gasteiger partial charge in [-0.05, 0) is 29.0 Å². The van der Waals surface area contributed by atoms with Crippen molar-refractivity contribution < 1.29 is 10.2 Å². The standard InChI is InChI=1S/C20H25NO2/c1-20(2,3)18-11-7-10-16(19(18)23)13-21-17(14-22)12-15-8-5-4-6-9-15/h4-11,13,17,22-23H,12,14H2,1-3H3. The molecule has 0 fully saturated rings. The van der Waals surface area contributed by atoms with Gasteiger partial charge in [0.15, 0.2) is 0 Å². The summed E-state index contributed by atoms with van der Waals surface area (Å²) < 4.78 is 0. The van der Waals surface area contributed by atoms with Crippen LogP contribution < -0.4 is 0 Å². The Hall–Kier alpha value is -2.13. The highest BCUT2D eigenvalue weighted by Gasteiger charge is 2.19. The molecule has 2 rings (SSSR count). The van der Waals surface area contributed by atoms with Crippen molar-refractivity contribution in [2.45, 2.75) is 38.6 Å². The van der Waals surface area contributed by atoms with Crippen molar-refractivity contribution >= 4 is 6.21 Å². The van der Waals surface area contributed by atoms with Crippen LogP contribution in [0.1, 0.15) is 37.5 Å². The molecular formula is C20H25NO2. The molecule has 23 heavy (non-hydrogen) atoms. The average molecular weight is 311 g/mol. The van der Waals surface area contributed by atoms with Gasteiger partial charge < -0.3 is 10.2 Å². The van der Waals surface area contributed by atoms with Crippen molar-refractivity contribution in [2.75, 3.05) is 6.61 Å². The molecule has 0 aliphatic rings. The minimum atomic E-state index is -0.213. The molecule has 0 saturated heterocycles. The van der Waals surface area contributed by atoms with Crippen LogP contribution in [0.3, 0.4) is 0 Å². The number of rotatable bonds is 5. The summed E-state index contributed by atoms with van der Waals surface area (Å²) in [5, 5.41) is 20.0. The number of hydrogen-bond acceptors (Lipinski definition) is 3. The van der Waals surface area contributed by atoms with Crippen molar-refractivity contribution in [3.8, 4) is 5.75 Å². The highest BCUT2D eigenvalue weighted by molar-refractivity contribution is 5.84. The Morgan fingerprint density at radius 3 is 2.35 bits per heavy atom. The summed E-state index contributed by atoms with van der Waals surface area (Å²) in [5.41, 5.74) is 2.58. The number of aliphatic hydroxyl groups is 1. The van der Waals surface area contributed by atoms with Crippen molar-refractivity contribution in [3.63, 3.8) is 0 Å². The summed E-state index contributed by atoms with van der Waals surface area (Å²) in [4.78, 5) is 4.46. The number of para-hydroxylation sites is 1. The smallest absolute Gasteiger partial charge is 0.128 e. The lowest BCUT2D eigenvalue weighted by Gasteiger charge is -2.21. The Labute approximate surface area is 138 Å². The Morgan fingerprint density at radius 1 is 1.04 bits per heavy atom. The molecule has 1 unspecified atom stereocenters. The van der Waals surface area contributed by atoms with Crippen molar-refractivity contribution in [3.05, 3.63) is 65.2 Å². The van der Waals surface area contributed by atoms with E-state index in [-0.39, 0.29) is 23.8 Å². The van der Waals surface area contributed by atoms with E-state index < -0.39 is 0 Å². The molecule has 3 nitrogen and oxygen atoms in total. The Morgan fingerprint density at radius 2 is 1.74 bits per heavy atom. The van der Waals surface area contributed by atoms with Crippen LogP contribution >= 0.6 is 0 Å². The maximum atomic E-state index is 10.4. The van der Waals surface area contributed by atoms with Gasteiger partial charge in [-0.15, -0.1) is 0 Å². The first-order chi connectivity index (χ1) is 10.9. The van der Waals surface area contributed by atoms with Crippen molar-refractivity contribution in [2.24, 2.45) is 4.99 Å². The molecule has 0 heterocycles. The van der Waals surface area contributed by atoms with Gasteiger partial charge in [0.1, 0.15) is 5.75 Å². The highest BCUT2D eigenvalue weighted by Crippen LogP contribution is 2.32. The van der Waals surface area contributed by atoms with E-state index >= 15 is 0 Å². The summed E-state index contributed by atoms with van der Waals surface area (Å²) in [5.74, 6) is 0.264. The van der Waals surface area contributed by atoms with Gasteiger partial charge in [0.25, 0.3) is 0 Å². The van der Waals surface area contributed by atoms with E-state index in [2.05, 4.69) is 25.8 Å². The summed E-state index contributed by atoms with van der Waals surface area (Å²) >= 11 is 0. The van der Waals surface area contributed by atoms with Crippen LogP contribution in [0.2, 0.25) is 0 Å². The summed E-state index contributed by atoms with van der Waals surface area (Å²) in [7, 11) is 0. The molecule has 0 bridgehead atoms. The van der Waals surface area contributed by atoms with E-state index in [1.807, 2.05) is 48.5 Å². The minimum absolute atomic E-state index is 0.0227. The first kappa shape index (κ1) is 17.2. The molecular weight excluding hydrogens is 286 g/mol. The largest absolute Gasteiger partial charge is 0.507 e. The molecule has 0 amide bonds. The van der Waals surface area contributed by atoms with Gasteiger partial charge in [-0.2, -0.15) is 0 Å². The van der Waals surface area contributed by atoms with Crippen LogP contribution in [0.5, 0.6) is 5.75 Å². The van der Waals surface area contributed by atoms with E-state index in [0.717, 1.165) is 11.1 Å². The van der Waals surface area contributed by atoms with Crippen LogP contribution in [0.4, 0.5) is 0 Å². The third kappa shape index (κ3) is 4.67. The Bertz CT molecular complexity index is 657. The second kappa shape index (κ2) is 7.42. The van der Waals surface area contributed by atoms with Gasteiger partial charge in [-0.1, -0.05) is 63.2 Å². The maximum Gasteiger partial charge on any atom is 0.128 e. The zero-order valence-electron chi connectivity index (χ0n) is 14.0. The zero-order valence-corrected chi connectivity index (χ0v) is 14.0. The predicted octanol–water partition coefficient (Wildman–Crippen LogP) is 3.71. The monoisotopic (exact) mass is 311 g/mol. The molecule has 0 spiro atoms. The Kier molecular flexibility index (Phi) is 5.56. The van der Waals surface area contributed by atoms with Gasteiger partial charge >= 0.3 is 0 Å². The summed E-state index contributed by atoms with van der Waals surface area (Å²) in [6, 6.07) is 15.5. The molecule has 122 valence electrons. The van der Waals surface area contributed by atoms with Gasteiger partial charge in [-0.25, -0.2) is 0 Å². The quantitative estimate of drug-likeness (QED) is 0.827. The number of phenols is 1. The van der Waals surface area contributed by atoms with Crippen LogP contribution in [0.15, 0.2) is 53.5 Å². The number of nitrogens with zero attached hydrogens (tertiary/aromatic N) is 1. The summed E-state index contributed by atoms with van der Waals surface area (Å²) in [6.07, 6.45) is 2.34. The predicted molar refractivity (Wildman–Crippen MR) is 95.4 cm³/mol. The molecule has 0 aromatic heterocycles. The molecule has 0 aliphatic heterocycles. The molecule has 2 N–H and O–H groups in total. The lowest BCUT2D eigenvalue weighted by Crippen LogP contribution is -2.14. The van der Waals surface area contributed by atoms with E-state index in [4.69, 9.17) is 0 Å². The van der Waals surface area contributed by atoms with Gasteiger partial charge in [0, 0.05) is 11.8 Å². The van der Waals surface area contributed by atoms with Crippen LogP contribution in [0, 0.1) is 0 Å². The minimum Gasteiger partial charge on any atom is -0.507 e. The molecule has 2 aromatic rings. The van der Waals surface area contributed by atoms with Crippen LogP contribution in [-0.2, 0) is 11.8 Å². The van der Waals surface area contributed by atoms with Gasteiger partial charge in [0.2, 0.25) is 0 Å². The number of phenolic OH excluding ortho intramolecular Hbond substituents is 1. The first-order valence-electron chi connectivity index (χ1n) is 7.92. The van der Waals surface area contributed by atoms with E-state index in [1.54, 1.807) is 6.21 Å². The van der Waals surface area contributed by atoms with E-state index in [1.165, 1.54) is 0 Å². The molecule has 2 aromatic carbocycles. The van der Waals surface area contributed by atoms with E-state index in [9.17, 15) is 10.2 Å². The number of benzene rings is 2. The lowest BCUT2D eigenvalue weighted by atomic mass is 9.85. The fourth-order valence-electron chi connectivity index (χ4n) is 2.51. The van der Waals surface area contributed by atoms with Gasteiger partial charge in [0.05, 0.1) is 12.6 Å². The molecule has 0 saturated carbocycles. The third-order valence-corrected chi connectivity index (χ3v) is 3.82. The van der Waals surface area contributed by atoms with Gasteiger partial charge in [-0.3, -0.25) is 4.99 Å². The second-order valence-electron chi connectivity index (χ2n) is 6.80.